The largest absolute Gasteiger partial charge is 0.489 e. The van der Waals surface area contributed by atoms with Crippen LogP contribution in [0.25, 0.3) is 16.2 Å². The summed E-state index contributed by atoms with van der Waals surface area (Å²) < 4.78 is 21.1. The number of carbonyl (C=O) groups is 2. The average molecular weight is 533 g/mol. The first-order valence-electron chi connectivity index (χ1n) is 11.9. The molecule has 1 aliphatic rings. The van der Waals surface area contributed by atoms with Gasteiger partial charge in [-0.15, -0.1) is 11.3 Å². The first kappa shape index (κ1) is 25.4. The number of amides is 2. The van der Waals surface area contributed by atoms with Crippen molar-refractivity contribution in [1.82, 2.24) is 14.7 Å². The number of nitrogens with one attached hydrogen (secondary N) is 1. The van der Waals surface area contributed by atoms with Crippen molar-refractivity contribution < 1.29 is 23.8 Å². The third kappa shape index (κ3) is 4.98. The highest BCUT2D eigenvalue weighted by Gasteiger charge is 2.31. The molecule has 0 saturated carbocycles. The number of likely N-dealkylation sites (N-methyl/N-ethyl adjacent to an activating group) is 1. The van der Waals surface area contributed by atoms with Gasteiger partial charge in [-0.25, -0.2) is 9.37 Å². The molecule has 0 bridgehead atoms. The number of rotatable bonds is 3. The number of ether oxygens (including phenoxy) is 1. The summed E-state index contributed by atoms with van der Waals surface area (Å²) >= 11 is 1.42. The number of aromatic nitrogens is 2. The number of thiazole rings is 1. The zero-order chi connectivity index (χ0) is 27.2. The fraction of sp³-hybridized carbons (Fsp3) is 0.250. The molecule has 4 aromatic rings. The van der Waals surface area contributed by atoms with Crippen molar-refractivity contribution in [2.45, 2.75) is 32.4 Å². The van der Waals surface area contributed by atoms with Crippen LogP contribution < -0.4 is 15.0 Å². The van der Waals surface area contributed by atoms with E-state index in [0.717, 1.165) is 16.1 Å². The van der Waals surface area contributed by atoms with Gasteiger partial charge in [0.2, 0.25) is 0 Å². The Morgan fingerprint density at radius 2 is 2.00 bits per heavy atom. The standard InChI is InChI=1S/C28H25FN4O4S/c1-16-24(18-6-8-19(29)9-7-18)33-14-20(31-27(33)38-16)25(34)30-21-15-37-23-10-5-17(11-12-28(2,3)36)13-22(23)32(4)26(21)35/h5-10,13-14,21,36H,15H2,1-4H3,(H,30,34)/t21-/m0/s1. The van der Waals surface area contributed by atoms with Crippen LogP contribution in [0.3, 0.4) is 0 Å². The highest BCUT2D eigenvalue weighted by atomic mass is 32.1. The number of anilines is 1. The molecule has 0 fully saturated rings. The number of aliphatic hydroxyl groups is 1. The lowest BCUT2D eigenvalue weighted by Crippen LogP contribution is -2.49. The van der Waals surface area contributed by atoms with Gasteiger partial charge < -0.3 is 20.1 Å². The van der Waals surface area contributed by atoms with E-state index in [-0.39, 0.29) is 24.0 Å². The Morgan fingerprint density at radius 1 is 1.26 bits per heavy atom. The maximum absolute atomic E-state index is 13.4. The summed E-state index contributed by atoms with van der Waals surface area (Å²) in [6.07, 6.45) is 1.61. The van der Waals surface area contributed by atoms with E-state index in [9.17, 15) is 19.1 Å². The molecule has 0 spiro atoms. The van der Waals surface area contributed by atoms with Crippen LogP contribution in [0.4, 0.5) is 10.1 Å². The molecule has 0 aliphatic carbocycles. The van der Waals surface area contributed by atoms with Gasteiger partial charge in [0.15, 0.2) is 4.96 Å². The molecule has 38 heavy (non-hydrogen) atoms. The highest BCUT2D eigenvalue weighted by Crippen LogP contribution is 2.33. The maximum Gasteiger partial charge on any atom is 0.272 e. The Kier molecular flexibility index (Phi) is 6.42. The molecule has 1 atom stereocenters. The van der Waals surface area contributed by atoms with Gasteiger partial charge in [-0.1, -0.05) is 11.8 Å². The lowest BCUT2D eigenvalue weighted by Gasteiger charge is -2.20. The summed E-state index contributed by atoms with van der Waals surface area (Å²) in [6.45, 7) is 5.06. The predicted octanol–water partition coefficient (Wildman–Crippen LogP) is 3.79. The van der Waals surface area contributed by atoms with Gasteiger partial charge in [-0.2, -0.15) is 0 Å². The minimum Gasteiger partial charge on any atom is -0.489 e. The van der Waals surface area contributed by atoms with Crippen LogP contribution in [0.2, 0.25) is 0 Å². The molecule has 10 heteroatoms. The number of halogens is 1. The van der Waals surface area contributed by atoms with Crippen LogP contribution in [0.5, 0.6) is 5.75 Å². The maximum atomic E-state index is 13.4. The zero-order valence-corrected chi connectivity index (χ0v) is 22.0. The number of hydrogen-bond acceptors (Lipinski definition) is 6. The molecular formula is C28H25FN4O4S. The van der Waals surface area contributed by atoms with E-state index >= 15 is 0 Å². The Morgan fingerprint density at radius 3 is 2.71 bits per heavy atom. The number of hydrogen-bond donors (Lipinski definition) is 2. The minimum atomic E-state index is -1.15. The van der Waals surface area contributed by atoms with Crippen molar-refractivity contribution in [3.05, 3.63) is 70.6 Å². The summed E-state index contributed by atoms with van der Waals surface area (Å²) in [5.74, 6) is 4.93. The Balaban J connectivity index is 1.37. The van der Waals surface area contributed by atoms with E-state index < -0.39 is 17.6 Å². The number of carbonyl (C=O) groups excluding carboxylic acids is 2. The van der Waals surface area contributed by atoms with Gasteiger partial charge in [-0.3, -0.25) is 14.0 Å². The normalized spacial score (nSPS) is 15.4. The van der Waals surface area contributed by atoms with E-state index in [1.165, 1.54) is 28.4 Å². The number of aryl methyl sites for hydroxylation is 1. The number of fused-ring (bicyclic) bond motifs is 2. The Labute approximate surface area is 222 Å². The first-order chi connectivity index (χ1) is 18.0. The van der Waals surface area contributed by atoms with Crippen molar-refractivity contribution >= 4 is 33.8 Å². The van der Waals surface area contributed by atoms with Crippen LogP contribution in [-0.2, 0) is 4.79 Å². The summed E-state index contributed by atoms with van der Waals surface area (Å²) in [7, 11) is 1.60. The van der Waals surface area contributed by atoms with Gasteiger partial charge in [-0.05, 0) is 68.8 Å². The van der Waals surface area contributed by atoms with E-state index in [1.54, 1.807) is 61.8 Å². The van der Waals surface area contributed by atoms with Gasteiger partial charge in [0.1, 0.15) is 35.5 Å². The van der Waals surface area contributed by atoms with E-state index in [2.05, 4.69) is 22.1 Å². The predicted molar refractivity (Wildman–Crippen MR) is 143 cm³/mol. The molecule has 1 aliphatic heterocycles. The molecule has 8 nitrogen and oxygen atoms in total. The first-order valence-corrected chi connectivity index (χ1v) is 12.7. The zero-order valence-electron chi connectivity index (χ0n) is 21.2. The average Bonchev–Trinajstić information content (AvgIpc) is 3.38. The van der Waals surface area contributed by atoms with Crippen LogP contribution >= 0.6 is 11.3 Å². The minimum absolute atomic E-state index is 0.0568. The van der Waals surface area contributed by atoms with Crippen LogP contribution in [0.1, 0.15) is 34.8 Å². The third-order valence-corrected chi connectivity index (χ3v) is 6.99. The van der Waals surface area contributed by atoms with Crippen molar-refractivity contribution in [3.8, 4) is 28.8 Å². The fourth-order valence-corrected chi connectivity index (χ4v) is 5.12. The van der Waals surface area contributed by atoms with Crippen molar-refractivity contribution in [3.63, 3.8) is 0 Å². The number of benzene rings is 2. The smallest absolute Gasteiger partial charge is 0.272 e. The van der Waals surface area contributed by atoms with Crippen molar-refractivity contribution in [2.24, 2.45) is 0 Å². The van der Waals surface area contributed by atoms with Gasteiger partial charge in [0.05, 0.1) is 11.4 Å². The second-order valence-electron chi connectivity index (χ2n) is 9.52. The van der Waals surface area contributed by atoms with Crippen LogP contribution in [0, 0.1) is 24.6 Å². The molecule has 2 aromatic carbocycles. The lowest BCUT2D eigenvalue weighted by molar-refractivity contribution is -0.120. The lowest BCUT2D eigenvalue weighted by atomic mass is 10.1. The monoisotopic (exact) mass is 532 g/mol. The van der Waals surface area contributed by atoms with Gasteiger partial charge >= 0.3 is 0 Å². The molecule has 0 saturated heterocycles. The SMILES string of the molecule is Cc1sc2nc(C(=O)N[C@H]3COc4ccc(C#CC(C)(C)O)cc4N(C)C3=O)cn2c1-c1ccc(F)cc1. The Bertz CT molecular complexity index is 1620. The fourth-order valence-electron chi connectivity index (χ4n) is 4.15. The second-order valence-corrected chi connectivity index (χ2v) is 10.7. The highest BCUT2D eigenvalue weighted by molar-refractivity contribution is 7.17. The molecule has 2 N–H and O–H groups in total. The van der Waals surface area contributed by atoms with Gasteiger partial charge in [0.25, 0.3) is 11.8 Å². The molecule has 194 valence electrons. The topological polar surface area (TPSA) is 96.2 Å². The molecule has 0 unspecified atom stereocenters. The molecule has 2 aromatic heterocycles. The molecule has 0 radical (unpaired) electrons. The molecule has 3 heterocycles. The summed E-state index contributed by atoms with van der Waals surface area (Å²) in [5, 5.41) is 12.6. The molecule has 2 amide bonds. The van der Waals surface area contributed by atoms with E-state index in [0.29, 0.717) is 22.0 Å². The molecular weight excluding hydrogens is 507 g/mol. The second kappa shape index (κ2) is 9.59. The third-order valence-electron chi connectivity index (χ3n) is 6.02. The van der Waals surface area contributed by atoms with E-state index in [1.807, 2.05) is 6.92 Å². The number of imidazole rings is 1. The number of nitrogens with zero attached hydrogens (tertiary/aromatic N) is 3. The van der Waals surface area contributed by atoms with Crippen molar-refractivity contribution in [2.75, 3.05) is 18.6 Å². The van der Waals surface area contributed by atoms with Gasteiger partial charge in [0, 0.05) is 23.7 Å². The summed E-state index contributed by atoms with van der Waals surface area (Å²) in [4.78, 5) is 33.8. The van der Waals surface area contributed by atoms with Crippen molar-refractivity contribution in [1.29, 1.82) is 0 Å². The van der Waals surface area contributed by atoms with E-state index in [4.69, 9.17) is 4.74 Å². The van der Waals surface area contributed by atoms with Crippen LogP contribution in [0.15, 0.2) is 48.7 Å². The summed E-state index contributed by atoms with van der Waals surface area (Å²) in [6, 6.07) is 10.4. The van der Waals surface area contributed by atoms with Crippen LogP contribution in [-0.4, -0.2) is 51.6 Å². The Hall–Kier alpha value is -4.20. The molecule has 5 rings (SSSR count). The summed E-state index contributed by atoms with van der Waals surface area (Å²) in [5.41, 5.74) is 1.75. The quantitative estimate of drug-likeness (QED) is 0.392.